The molecular formula is C23H32FN3O3+2. The Morgan fingerprint density at radius 3 is 2.17 bits per heavy atom. The van der Waals surface area contributed by atoms with Gasteiger partial charge in [0.1, 0.15) is 38.5 Å². The summed E-state index contributed by atoms with van der Waals surface area (Å²) in [4.78, 5) is 17.1. The maximum Gasteiger partial charge on any atom is 0.277 e. The first-order chi connectivity index (χ1) is 14.5. The van der Waals surface area contributed by atoms with Gasteiger partial charge in [0.05, 0.1) is 14.2 Å². The van der Waals surface area contributed by atoms with Crippen LogP contribution in [0.3, 0.4) is 0 Å². The van der Waals surface area contributed by atoms with Crippen LogP contribution in [0.2, 0.25) is 0 Å². The molecular weight excluding hydrogens is 385 g/mol. The van der Waals surface area contributed by atoms with Gasteiger partial charge in [0, 0.05) is 19.2 Å². The van der Waals surface area contributed by atoms with E-state index in [1.54, 1.807) is 31.3 Å². The van der Waals surface area contributed by atoms with Gasteiger partial charge < -0.3 is 24.2 Å². The van der Waals surface area contributed by atoms with Crippen LogP contribution in [-0.4, -0.2) is 64.8 Å². The number of piperazine rings is 1. The Balaban J connectivity index is 1.45. The minimum atomic E-state index is -0.259. The van der Waals surface area contributed by atoms with Crippen molar-refractivity contribution in [3.05, 3.63) is 59.4 Å². The number of ether oxygens (including phenoxy) is 2. The highest BCUT2D eigenvalue weighted by atomic mass is 19.1. The maximum atomic E-state index is 13.0. The molecule has 2 aromatic carbocycles. The second kappa shape index (κ2) is 10.4. The van der Waals surface area contributed by atoms with Gasteiger partial charge in [-0.3, -0.25) is 4.79 Å². The van der Waals surface area contributed by atoms with Crippen LogP contribution in [0.5, 0.6) is 11.5 Å². The molecule has 0 unspecified atom stereocenters. The molecule has 0 atom stereocenters. The molecule has 6 nitrogen and oxygen atoms in total. The van der Waals surface area contributed by atoms with Crippen LogP contribution >= 0.6 is 0 Å². The summed E-state index contributed by atoms with van der Waals surface area (Å²) >= 11 is 0. The Hall–Kier alpha value is -2.64. The molecule has 1 aliphatic heterocycles. The van der Waals surface area contributed by atoms with Crippen LogP contribution in [0.15, 0.2) is 42.5 Å². The number of hydrogen-bond acceptors (Lipinski definition) is 3. The van der Waals surface area contributed by atoms with E-state index in [-0.39, 0.29) is 11.7 Å². The Labute approximate surface area is 177 Å². The van der Waals surface area contributed by atoms with Crippen molar-refractivity contribution < 1.29 is 28.5 Å². The lowest BCUT2D eigenvalue weighted by Crippen LogP contribution is -3.28. The van der Waals surface area contributed by atoms with Gasteiger partial charge >= 0.3 is 0 Å². The summed E-state index contributed by atoms with van der Waals surface area (Å²) in [6.45, 7) is 5.94. The van der Waals surface area contributed by atoms with E-state index < -0.39 is 0 Å². The van der Waals surface area contributed by atoms with E-state index >= 15 is 0 Å². The minimum Gasteiger partial charge on any atom is -0.493 e. The molecule has 1 saturated heterocycles. The Morgan fingerprint density at radius 1 is 0.933 bits per heavy atom. The molecule has 0 aromatic heterocycles. The van der Waals surface area contributed by atoms with Gasteiger partial charge in [0.15, 0.2) is 18.0 Å². The van der Waals surface area contributed by atoms with Crippen molar-refractivity contribution in [1.82, 2.24) is 4.90 Å². The molecule has 2 aromatic rings. The maximum absolute atomic E-state index is 13.0. The molecule has 0 saturated carbocycles. The van der Waals surface area contributed by atoms with Crippen LogP contribution < -0.4 is 19.3 Å². The van der Waals surface area contributed by atoms with Gasteiger partial charge in [-0.15, -0.1) is 0 Å². The highest BCUT2D eigenvalue weighted by Crippen LogP contribution is 2.27. The Morgan fingerprint density at radius 2 is 1.53 bits per heavy atom. The standard InChI is InChI=1S/C23H30FN3O3/c1-25(15-18-4-7-20(24)8-5-18)23(28)17-27-12-10-26(11-13-27)16-19-6-9-21(29-2)22(14-19)30-3/h4-9,14H,10-13,15-17H2,1-3H3/p+2. The lowest BCUT2D eigenvalue weighted by molar-refractivity contribution is -1.02. The first kappa shape index (κ1) is 22.1. The van der Waals surface area contributed by atoms with Crippen molar-refractivity contribution in [2.24, 2.45) is 0 Å². The first-order valence-electron chi connectivity index (χ1n) is 10.3. The van der Waals surface area contributed by atoms with Gasteiger partial charge in [-0.05, 0) is 35.9 Å². The largest absolute Gasteiger partial charge is 0.493 e. The van der Waals surface area contributed by atoms with E-state index in [1.807, 2.05) is 19.2 Å². The molecule has 0 aliphatic carbocycles. The molecule has 0 bridgehead atoms. The predicted octanol–water partition coefficient (Wildman–Crippen LogP) is -0.215. The van der Waals surface area contributed by atoms with Crippen LogP contribution in [0.25, 0.3) is 0 Å². The van der Waals surface area contributed by atoms with E-state index in [2.05, 4.69) is 6.07 Å². The molecule has 1 heterocycles. The number of likely N-dealkylation sites (N-methyl/N-ethyl adjacent to an activating group) is 1. The fourth-order valence-corrected chi connectivity index (χ4v) is 3.89. The van der Waals surface area contributed by atoms with Crippen LogP contribution in [0, 0.1) is 5.82 Å². The summed E-state index contributed by atoms with van der Waals surface area (Å²) in [7, 11) is 5.10. The zero-order chi connectivity index (χ0) is 21.5. The highest BCUT2D eigenvalue weighted by Gasteiger charge is 2.26. The highest BCUT2D eigenvalue weighted by molar-refractivity contribution is 5.76. The molecule has 2 N–H and O–H groups in total. The van der Waals surface area contributed by atoms with Crippen molar-refractivity contribution >= 4 is 5.91 Å². The number of nitrogens with one attached hydrogen (secondary N) is 2. The van der Waals surface area contributed by atoms with E-state index in [1.165, 1.54) is 27.5 Å². The van der Waals surface area contributed by atoms with E-state index in [0.29, 0.717) is 13.1 Å². The zero-order valence-electron chi connectivity index (χ0n) is 18.0. The van der Waals surface area contributed by atoms with Gasteiger partial charge in [-0.25, -0.2) is 4.39 Å². The molecule has 1 amide bonds. The normalized spacial score (nSPS) is 18.7. The van der Waals surface area contributed by atoms with E-state index in [0.717, 1.165) is 49.8 Å². The first-order valence-corrected chi connectivity index (χ1v) is 10.3. The summed E-state index contributed by atoms with van der Waals surface area (Å²) in [6.07, 6.45) is 0. The number of halogens is 1. The summed E-state index contributed by atoms with van der Waals surface area (Å²) in [5, 5.41) is 0. The average molecular weight is 418 g/mol. The number of rotatable bonds is 8. The molecule has 7 heteroatoms. The van der Waals surface area contributed by atoms with Gasteiger partial charge in [-0.1, -0.05) is 12.1 Å². The number of amides is 1. The Kier molecular flexibility index (Phi) is 7.65. The summed E-state index contributed by atoms with van der Waals surface area (Å²) in [6, 6.07) is 12.4. The Bertz CT molecular complexity index is 836. The fourth-order valence-electron chi connectivity index (χ4n) is 3.89. The van der Waals surface area contributed by atoms with Crippen LogP contribution in [-0.2, 0) is 17.9 Å². The minimum absolute atomic E-state index is 0.123. The molecule has 0 spiro atoms. The van der Waals surface area contributed by atoms with Crippen LogP contribution in [0.1, 0.15) is 11.1 Å². The molecule has 0 radical (unpaired) electrons. The van der Waals surface area contributed by atoms with Crippen molar-refractivity contribution in [2.75, 3.05) is 54.0 Å². The van der Waals surface area contributed by atoms with Crippen molar-refractivity contribution in [2.45, 2.75) is 13.1 Å². The van der Waals surface area contributed by atoms with Gasteiger partial charge in [0.2, 0.25) is 0 Å². The SMILES string of the molecule is COc1ccc(C[NH+]2CC[NH+](CC(=O)N(C)Cc3ccc(F)cc3)CC2)cc1OC. The quantitative estimate of drug-likeness (QED) is 0.625. The van der Waals surface area contributed by atoms with Crippen molar-refractivity contribution in [1.29, 1.82) is 0 Å². The van der Waals surface area contributed by atoms with E-state index in [9.17, 15) is 9.18 Å². The second-order valence-corrected chi connectivity index (χ2v) is 7.92. The molecule has 3 rings (SSSR count). The molecule has 1 fully saturated rings. The second-order valence-electron chi connectivity index (χ2n) is 7.92. The van der Waals surface area contributed by atoms with Crippen LogP contribution in [0.4, 0.5) is 4.39 Å². The zero-order valence-corrected chi connectivity index (χ0v) is 18.0. The third kappa shape index (κ3) is 5.93. The predicted molar refractivity (Wildman–Crippen MR) is 112 cm³/mol. The van der Waals surface area contributed by atoms with Crippen molar-refractivity contribution in [3.8, 4) is 11.5 Å². The average Bonchev–Trinajstić information content (AvgIpc) is 2.76. The van der Waals surface area contributed by atoms with Gasteiger partial charge in [-0.2, -0.15) is 0 Å². The smallest absolute Gasteiger partial charge is 0.277 e. The number of quaternary nitrogens is 2. The van der Waals surface area contributed by atoms with E-state index in [4.69, 9.17) is 9.47 Å². The molecule has 162 valence electrons. The molecule has 1 aliphatic rings. The summed E-state index contributed by atoms with van der Waals surface area (Å²) in [5.41, 5.74) is 2.16. The third-order valence-electron chi connectivity index (χ3n) is 5.73. The monoisotopic (exact) mass is 417 g/mol. The fraction of sp³-hybridized carbons (Fsp3) is 0.435. The number of hydrogen-bond donors (Lipinski definition) is 2. The number of carbonyl (C=O) groups excluding carboxylic acids is 1. The van der Waals surface area contributed by atoms with Crippen molar-refractivity contribution in [3.63, 3.8) is 0 Å². The van der Waals surface area contributed by atoms with Gasteiger partial charge in [0.25, 0.3) is 5.91 Å². The number of nitrogens with zero attached hydrogens (tertiary/aromatic N) is 1. The summed E-state index contributed by atoms with van der Waals surface area (Å²) < 4.78 is 23.7. The molecule has 30 heavy (non-hydrogen) atoms. The lowest BCUT2D eigenvalue weighted by Gasteiger charge is -2.30. The number of benzene rings is 2. The third-order valence-corrected chi connectivity index (χ3v) is 5.73. The number of methoxy groups -OCH3 is 2. The number of carbonyl (C=O) groups is 1. The lowest BCUT2D eigenvalue weighted by atomic mass is 10.1. The topological polar surface area (TPSA) is 47.7 Å². The summed E-state index contributed by atoms with van der Waals surface area (Å²) in [5.74, 6) is 1.37.